The smallest absolute Gasteiger partial charge is 0.166 e. The molecule has 0 nitrogen and oxygen atoms in total. The number of benzene rings is 4. The van der Waals surface area contributed by atoms with Crippen LogP contribution in [0.2, 0.25) is 0 Å². The summed E-state index contributed by atoms with van der Waals surface area (Å²) in [6.07, 6.45) is -9.84. The van der Waals surface area contributed by atoms with E-state index >= 15 is 0 Å². The van der Waals surface area contributed by atoms with Crippen LogP contribution < -0.4 is 0 Å². The maximum atomic E-state index is 13.5. The van der Waals surface area contributed by atoms with Gasteiger partial charge in [0.1, 0.15) is 0 Å². The highest BCUT2D eigenvalue weighted by atomic mass is 19.4. The SMILES string of the molecule is FC(F)(F)c1cc(-c2ccccc2[C+](c2ccccc2)c2ccccc2)cc(C(F)(F)F)c1. The molecule has 0 aliphatic rings. The van der Waals surface area contributed by atoms with Crippen LogP contribution in [0.3, 0.4) is 0 Å². The Hall–Kier alpha value is -3.67. The fourth-order valence-electron chi connectivity index (χ4n) is 3.75. The molecule has 0 N–H and O–H groups in total. The Morgan fingerprint density at radius 3 is 1.36 bits per heavy atom. The molecule has 0 saturated carbocycles. The number of alkyl halides is 6. The monoisotopic (exact) mass is 455 g/mol. The Kier molecular flexibility index (Phi) is 5.93. The van der Waals surface area contributed by atoms with Crippen molar-refractivity contribution in [2.75, 3.05) is 0 Å². The summed E-state index contributed by atoms with van der Waals surface area (Å²) in [4.78, 5) is 0. The standard InChI is InChI=1S/C27H17F6/c28-26(29,30)21-15-20(16-22(17-21)27(31,32)33)23-13-7-8-14-24(23)25(18-9-3-1-4-10-18)19-11-5-2-6-12-19/h1-17H/q+1. The first kappa shape index (κ1) is 22.5. The van der Waals surface area contributed by atoms with Crippen LogP contribution in [-0.2, 0) is 12.4 Å². The van der Waals surface area contributed by atoms with E-state index in [1.807, 2.05) is 60.7 Å². The molecule has 4 aromatic rings. The highest BCUT2D eigenvalue weighted by molar-refractivity contribution is 5.76. The topological polar surface area (TPSA) is 0 Å². The number of rotatable bonds is 4. The first-order valence-corrected chi connectivity index (χ1v) is 10.0. The van der Waals surface area contributed by atoms with E-state index < -0.39 is 23.5 Å². The zero-order valence-electron chi connectivity index (χ0n) is 17.1. The van der Waals surface area contributed by atoms with Crippen LogP contribution in [0.5, 0.6) is 0 Å². The highest BCUT2D eigenvalue weighted by Gasteiger charge is 2.37. The predicted octanol–water partition coefficient (Wildman–Crippen LogP) is 8.41. The normalized spacial score (nSPS) is 11.9. The lowest BCUT2D eigenvalue weighted by molar-refractivity contribution is -0.143. The van der Waals surface area contributed by atoms with E-state index in [0.717, 1.165) is 23.3 Å². The molecule has 0 saturated heterocycles. The number of hydrogen-bond donors (Lipinski definition) is 0. The molecule has 4 aromatic carbocycles. The van der Waals surface area contributed by atoms with Gasteiger partial charge in [0, 0.05) is 11.1 Å². The van der Waals surface area contributed by atoms with Crippen molar-refractivity contribution in [1.82, 2.24) is 0 Å². The van der Waals surface area contributed by atoms with Gasteiger partial charge in [-0.2, -0.15) is 26.3 Å². The fraction of sp³-hybridized carbons (Fsp3) is 0.0741. The molecule has 0 spiro atoms. The Morgan fingerprint density at radius 2 is 0.909 bits per heavy atom. The van der Waals surface area contributed by atoms with Crippen LogP contribution in [-0.4, -0.2) is 0 Å². The molecule has 166 valence electrons. The summed E-state index contributed by atoms with van der Waals surface area (Å²) in [5.74, 6) is 0.706. The molecule has 6 heteroatoms. The van der Waals surface area contributed by atoms with Gasteiger partial charge in [-0.3, -0.25) is 0 Å². The first-order valence-electron chi connectivity index (χ1n) is 10.0. The third-order valence-corrected chi connectivity index (χ3v) is 5.22. The van der Waals surface area contributed by atoms with E-state index in [9.17, 15) is 26.3 Å². The van der Waals surface area contributed by atoms with Gasteiger partial charge in [-0.15, -0.1) is 0 Å². The summed E-state index contributed by atoms with van der Waals surface area (Å²) < 4.78 is 80.8. The minimum absolute atomic E-state index is 0.144. The van der Waals surface area contributed by atoms with Gasteiger partial charge in [0.2, 0.25) is 0 Å². The van der Waals surface area contributed by atoms with E-state index in [0.29, 0.717) is 11.5 Å². The molecule has 0 radical (unpaired) electrons. The average molecular weight is 455 g/mol. The number of hydrogen-bond acceptors (Lipinski definition) is 0. The Labute approximate surface area is 187 Å². The van der Waals surface area contributed by atoms with Crippen LogP contribution in [0.4, 0.5) is 26.3 Å². The van der Waals surface area contributed by atoms with E-state index in [1.54, 1.807) is 18.2 Å². The molecule has 0 amide bonds. The fourth-order valence-corrected chi connectivity index (χ4v) is 3.75. The van der Waals surface area contributed by atoms with Crippen LogP contribution in [0.15, 0.2) is 103 Å². The Morgan fingerprint density at radius 1 is 0.485 bits per heavy atom. The lowest BCUT2D eigenvalue weighted by atomic mass is 9.81. The van der Waals surface area contributed by atoms with E-state index in [-0.39, 0.29) is 17.2 Å². The maximum Gasteiger partial charge on any atom is 0.416 e. The number of halogens is 6. The van der Waals surface area contributed by atoms with Gasteiger partial charge in [0.05, 0.1) is 33.7 Å². The second-order valence-corrected chi connectivity index (χ2v) is 7.45. The summed E-state index contributed by atoms with van der Waals surface area (Å²) in [5.41, 5.74) is -0.458. The van der Waals surface area contributed by atoms with Crippen molar-refractivity contribution >= 4 is 0 Å². The molecule has 0 bridgehead atoms. The van der Waals surface area contributed by atoms with Gasteiger partial charge in [-0.25, -0.2) is 0 Å². The first-order chi connectivity index (χ1) is 15.6. The van der Waals surface area contributed by atoms with Crippen molar-refractivity contribution in [1.29, 1.82) is 0 Å². The van der Waals surface area contributed by atoms with E-state index in [1.165, 1.54) is 6.07 Å². The molecule has 4 rings (SSSR count). The zero-order valence-corrected chi connectivity index (χ0v) is 17.1. The van der Waals surface area contributed by atoms with Gasteiger partial charge >= 0.3 is 12.4 Å². The summed E-state index contributed by atoms with van der Waals surface area (Å²) in [7, 11) is 0. The molecule has 0 fully saturated rings. The molecule has 0 heterocycles. The van der Waals surface area contributed by atoms with Gasteiger partial charge in [0.25, 0.3) is 0 Å². The van der Waals surface area contributed by atoms with Gasteiger partial charge < -0.3 is 0 Å². The highest BCUT2D eigenvalue weighted by Crippen LogP contribution is 2.42. The second-order valence-electron chi connectivity index (χ2n) is 7.45. The van der Waals surface area contributed by atoms with Crippen molar-refractivity contribution in [2.45, 2.75) is 12.4 Å². The summed E-state index contributed by atoms with van der Waals surface area (Å²) in [5, 5.41) is 0. The van der Waals surface area contributed by atoms with Crippen LogP contribution >= 0.6 is 0 Å². The Balaban J connectivity index is 1.97. The van der Waals surface area contributed by atoms with Crippen LogP contribution in [0.25, 0.3) is 11.1 Å². The molecule has 0 aliphatic heterocycles. The quantitative estimate of drug-likeness (QED) is 0.165. The molecule has 0 unspecified atom stereocenters. The van der Waals surface area contributed by atoms with Gasteiger partial charge in [-0.05, 0) is 84.9 Å². The van der Waals surface area contributed by atoms with Gasteiger partial charge in [0.15, 0.2) is 0 Å². The third kappa shape index (κ3) is 4.90. The summed E-state index contributed by atoms with van der Waals surface area (Å²) in [6, 6.07) is 26.6. The van der Waals surface area contributed by atoms with Crippen LogP contribution in [0, 0.1) is 5.92 Å². The minimum Gasteiger partial charge on any atom is -0.166 e. The lowest BCUT2D eigenvalue weighted by Crippen LogP contribution is -2.12. The van der Waals surface area contributed by atoms with Crippen molar-refractivity contribution in [3.63, 3.8) is 0 Å². The Bertz CT molecular complexity index is 1150. The van der Waals surface area contributed by atoms with Crippen molar-refractivity contribution < 1.29 is 26.3 Å². The molecular weight excluding hydrogens is 438 g/mol. The molecule has 0 aliphatic carbocycles. The molecule has 33 heavy (non-hydrogen) atoms. The van der Waals surface area contributed by atoms with Crippen LogP contribution in [0.1, 0.15) is 27.8 Å². The van der Waals surface area contributed by atoms with Crippen molar-refractivity contribution in [3.05, 3.63) is 137 Å². The van der Waals surface area contributed by atoms with E-state index in [2.05, 4.69) is 0 Å². The second kappa shape index (κ2) is 8.70. The largest absolute Gasteiger partial charge is 0.416 e. The summed E-state index contributed by atoms with van der Waals surface area (Å²) in [6.45, 7) is 0. The molecule has 0 atom stereocenters. The van der Waals surface area contributed by atoms with Crippen molar-refractivity contribution in [2.24, 2.45) is 0 Å². The van der Waals surface area contributed by atoms with Crippen molar-refractivity contribution in [3.8, 4) is 11.1 Å². The molecular formula is C27H17F6+. The van der Waals surface area contributed by atoms with Gasteiger partial charge in [-0.1, -0.05) is 18.2 Å². The third-order valence-electron chi connectivity index (χ3n) is 5.22. The minimum atomic E-state index is -4.92. The summed E-state index contributed by atoms with van der Waals surface area (Å²) >= 11 is 0. The van der Waals surface area contributed by atoms with E-state index in [4.69, 9.17) is 0 Å². The maximum absolute atomic E-state index is 13.5. The predicted molar refractivity (Wildman–Crippen MR) is 115 cm³/mol. The zero-order chi connectivity index (χ0) is 23.6. The average Bonchev–Trinajstić information content (AvgIpc) is 2.80. The lowest BCUT2D eigenvalue weighted by Gasteiger charge is -2.18. The molecule has 0 aromatic heterocycles.